The van der Waals surface area contributed by atoms with Gasteiger partial charge in [-0.05, 0) is 25.3 Å². The predicted molar refractivity (Wildman–Crippen MR) is 90.1 cm³/mol. The van der Waals surface area contributed by atoms with Gasteiger partial charge in [-0.2, -0.15) is 0 Å². The van der Waals surface area contributed by atoms with Crippen molar-refractivity contribution in [3.8, 4) is 0 Å². The predicted octanol–water partition coefficient (Wildman–Crippen LogP) is 2.23. The van der Waals surface area contributed by atoms with Crippen molar-refractivity contribution in [3.05, 3.63) is 47.5 Å². The SMILES string of the molecule is C[C@@H](OCc1ccccc1)C(=O)NCc1nnc2n1CCCCC2. The first-order valence-corrected chi connectivity index (χ1v) is 8.58. The third-order valence-corrected chi connectivity index (χ3v) is 4.32. The highest BCUT2D eigenvalue weighted by Crippen LogP contribution is 2.14. The summed E-state index contributed by atoms with van der Waals surface area (Å²) >= 11 is 0. The first-order chi connectivity index (χ1) is 11.7. The van der Waals surface area contributed by atoms with Crippen LogP contribution < -0.4 is 5.32 Å². The summed E-state index contributed by atoms with van der Waals surface area (Å²) < 4.78 is 7.78. The zero-order valence-electron chi connectivity index (χ0n) is 14.1. The maximum absolute atomic E-state index is 12.2. The Kier molecular flexibility index (Phi) is 5.59. The Labute approximate surface area is 142 Å². The molecule has 1 aromatic carbocycles. The van der Waals surface area contributed by atoms with E-state index in [0.29, 0.717) is 13.2 Å². The number of carbonyl (C=O) groups excluding carboxylic acids is 1. The summed E-state index contributed by atoms with van der Waals surface area (Å²) in [5, 5.41) is 11.4. The summed E-state index contributed by atoms with van der Waals surface area (Å²) in [6.45, 7) is 3.52. The van der Waals surface area contributed by atoms with Crippen LogP contribution in [-0.2, 0) is 35.6 Å². The van der Waals surface area contributed by atoms with Crippen LogP contribution >= 0.6 is 0 Å². The average Bonchev–Trinajstić information content (AvgIpc) is 2.84. The van der Waals surface area contributed by atoms with E-state index in [9.17, 15) is 4.79 Å². The smallest absolute Gasteiger partial charge is 0.249 e. The molecular weight excluding hydrogens is 304 g/mol. The Hall–Kier alpha value is -2.21. The van der Waals surface area contributed by atoms with Crippen LogP contribution in [-0.4, -0.2) is 26.8 Å². The quantitative estimate of drug-likeness (QED) is 0.883. The fourth-order valence-corrected chi connectivity index (χ4v) is 2.86. The summed E-state index contributed by atoms with van der Waals surface area (Å²) in [5.74, 6) is 1.73. The molecule has 0 bridgehead atoms. The average molecular weight is 328 g/mol. The van der Waals surface area contributed by atoms with Crippen LogP contribution in [0, 0.1) is 0 Å². The van der Waals surface area contributed by atoms with Crippen LogP contribution in [0.2, 0.25) is 0 Å². The second kappa shape index (κ2) is 8.06. The number of hydrogen-bond donors (Lipinski definition) is 1. The number of nitrogens with one attached hydrogen (secondary N) is 1. The van der Waals surface area contributed by atoms with Gasteiger partial charge in [0.2, 0.25) is 5.91 Å². The fraction of sp³-hybridized carbons (Fsp3) is 0.500. The molecule has 1 N–H and O–H groups in total. The van der Waals surface area contributed by atoms with Crippen molar-refractivity contribution in [2.75, 3.05) is 0 Å². The minimum atomic E-state index is -0.503. The molecule has 2 aromatic rings. The van der Waals surface area contributed by atoms with Gasteiger partial charge in [-0.3, -0.25) is 4.79 Å². The number of fused-ring (bicyclic) bond motifs is 1. The van der Waals surface area contributed by atoms with Crippen LogP contribution in [0.4, 0.5) is 0 Å². The van der Waals surface area contributed by atoms with Gasteiger partial charge in [0.1, 0.15) is 11.9 Å². The van der Waals surface area contributed by atoms with Crippen molar-refractivity contribution in [1.82, 2.24) is 20.1 Å². The van der Waals surface area contributed by atoms with Gasteiger partial charge in [0, 0.05) is 13.0 Å². The first kappa shape index (κ1) is 16.6. The number of rotatable bonds is 6. The second-order valence-electron chi connectivity index (χ2n) is 6.15. The minimum Gasteiger partial charge on any atom is -0.364 e. The summed E-state index contributed by atoms with van der Waals surface area (Å²) in [6, 6.07) is 9.84. The van der Waals surface area contributed by atoms with Gasteiger partial charge < -0.3 is 14.6 Å². The second-order valence-corrected chi connectivity index (χ2v) is 6.15. The fourth-order valence-electron chi connectivity index (χ4n) is 2.86. The van der Waals surface area contributed by atoms with Gasteiger partial charge in [-0.1, -0.05) is 36.8 Å². The topological polar surface area (TPSA) is 69.0 Å². The number of aryl methyl sites for hydroxylation is 1. The molecule has 0 unspecified atom stereocenters. The van der Waals surface area contributed by atoms with Crippen LogP contribution in [0.25, 0.3) is 0 Å². The summed E-state index contributed by atoms with van der Waals surface area (Å²) in [5.41, 5.74) is 1.06. The molecular formula is C18H24N4O2. The van der Waals surface area contributed by atoms with Gasteiger partial charge in [0.05, 0.1) is 13.2 Å². The van der Waals surface area contributed by atoms with Gasteiger partial charge in [0.15, 0.2) is 5.82 Å². The van der Waals surface area contributed by atoms with Crippen LogP contribution in [0.15, 0.2) is 30.3 Å². The summed E-state index contributed by atoms with van der Waals surface area (Å²) in [6.07, 6.45) is 3.99. The number of aromatic nitrogens is 3. The molecule has 0 spiro atoms. The molecule has 128 valence electrons. The van der Waals surface area contributed by atoms with Crippen molar-refractivity contribution >= 4 is 5.91 Å². The van der Waals surface area contributed by atoms with E-state index in [1.807, 2.05) is 30.3 Å². The van der Waals surface area contributed by atoms with Crippen LogP contribution in [0.3, 0.4) is 0 Å². The Morgan fingerprint density at radius 2 is 2.08 bits per heavy atom. The summed E-state index contributed by atoms with van der Waals surface area (Å²) in [4.78, 5) is 12.2. The molecule has 6 nitrogen and oxygen atoms in total. The largest absolute Gasteiger partial charge is 0.364 e. The molecule has 0 fully saturated rings. The molecule has 0 saturated heterocycles. The zero-order valence-corrected chi connectivity index (χ0v) is 14.1. The molecule has 3 rings (SSSR count). The Bertz CT molecular complexity index is 669. The Balaban J connectivity index is 1.49. The van der Waals surface area contributed by atoms with Gasteiger partial charge in [-0.25, -0.2) is 0 Å². The lowest BCUT2D eigenvalue weighted by molar-refractivity contribution is -0.132. The Morgan fingerprint density at radius 1 is 1.25 bits per heavy atom. The molecule has 6 heteroatoms. The molecule has 0 radical (unpaired) electrons. The zero-order chi connectivity index (χ0) is 16.8. The highest BCUT2D eigenvalue weighted by atomic mass is 16.5. The molecule has 1 atom stereocenters. The van der Waals surface area contributed by atoms with Crippen molar-refractivity contribution in [2.24, 2.45) is 0 Å². The standard InChI is InChI=1S/C18H24N4O2/c1-14(24-13-15-8-4-2-5-9-15)18(23)19-12-17-21-20-16-10-6-3-7-11-22(16)17/h2,4-5,8-9,14H,3,6-7,10-13H2,1H3,(H,19,23)/t14-/m1/s1. The highest BCUT2D eigenvalue weighted by Gasteiger charge is 2.17. The van der Waals surface area contributed by atoms with E-state index in [1.165, 1.54) is 6.42 Å². The first-order valence-electron chi connectivity index (χ1n) is 8.58. The summed E-state index contributed by atoms with van der Waals surface area (Å²) in [7, 11) is 0. The molecule has 1 aliphatic heterocycles. The third kappa shape index (κ3) is 4.20. The van der Waals surface area contributed by atoms with Gasteiger partial charge >= 0.3 is 0 Å². The lowest BCUT2D eigenvalue weighted by atomic mass is 10.2. The number of benzene rings is 1. The lowest BCUT2D eigenvalue weighted by Gasteiger charge is -2.14. The maximum atomic E-state index is 12.2. The van der Waals surface area contributed by atoms with Crippen molar-refractivity contribution in [2.45, 2.75) is 58.4 Å². The van der Waals surface area contributed by atoms with E-state index in [4.69, 9.17) is 4.74 Å². The molecule has 24 heavy (non-hydrogen) atoms. The molecule has 0 saturated carbocycles. The number of hydrogen-bond acceptors (Lipinski definition) is 4. The third-order valence-electron chi connectivity index (χ3n) is 4.32. The van der Waals surface area contributed by atoms with E-state index in [0.717, 1.165) is 43.0 Å². The minimum absolute atomic E-state index is 0.128. The van der Waals surface area contributed by atoms with Crippen molar-refractivity contribution in [1.29, 1.82) is 0 Å². The lowest BCUT2D eigenvalue weighted by Crippen LogP contribution is -2.34. The van der Waals surface area contributed by atoms with E-state index in [2.05, 4.69) is 20.1 Å². The van der Waals surface area contributed by atoms with Gasteiger partial charge in [0.25, 0.3) is 0 Å². The molecule has 1 aromatic heterocycles. The molecule has 0 aliphatic carbocycles. The van der Waals surface area contributed by atoms with Crippen LogP contribution in [0.1, 0.15) is 43.4 Å². The van der Waals surface area contributed by atoms with E-state index in [1.54, 1.807) is 6.92 Å². The number of ether oxygens (including phenoxy) is 1. The molecule has 1 amide bonds. The highest BCUT2D eigenvalue weighted by molar-refractivity contribution is 5.80. The van der Waals surface area contributed by atoms with Crippen LogP contribution in [0.5, 0.6) is 0 Å². The monoisotopic (exact) mass is 328 g/mol. The van der Waals surface area contributed by atoms with E-state index >= 15 is 0 Å². The number of carbonyl (C=O) groups is 1. The Morgan fingerprint density at radius 3 is 2.92 bits per heavy atom. The van der Waals surface area contributed by atoms with Gasteiger partial charge in [-0.15, -0.1) is 10.2 Å². The van der Waals surface area contributed by atoms with E-state index < -0.39 is 6.10 Å². The number of amides is 1. The van der Waals surface area contributed by atoms with Crippen molar-refractivity contribution in [3.63, 3.8) is 0 Å². The van der Waals surface area contributed by atoms with E-state index in [-0.39, 0.29) is 5.91 Å². The van der Waals surface area contributed by atoms with Crippen molar-refractivity contribution < 1.29 is 9.53 Å². The number of nitrogens with zero attached hydrogens (tertiary/aromatic N) is 3. The maximum Gasteiger partial charge on any atom is 0.249 e. The molecule has 2 heterocycles. The normalized spacial score (nSPS) is 15.4. The molecule has 1 aliphatic rings.